The van der Waals surface area contributed by atoms with Gasteiger partial charge in [0.25, 0.3) is 0 Å². The number of pyridine rings is 1. The second-order valence-electron chi connectivity index (χ2n) is 2.19. The van der Waals surface area contributed by atoms with E-state index in [-0.39, 0.29) is 52.4 Å². The largest absolute Gasteiger partial charge is 3.00 e. The molecule has 1 aliphatic carbocycles. The van der Waals surface area contributed by atoms with Gasteiger partial charge in [-0.15, -0.1) is 6.42 Å². The van der Waals surface area contributed by atoms with E-state index >= 15 is 0 Å². The Kier molecular flexibility index (Phi) is 18.5. The van der Waals surface area contributed by atoms with Crippen LogP contribution in [0.15, 0.2) is 42.6 Å². The molecule has 1 heterocycles. The third-order valence-electron chi connectivity index (χ3n) is 1.24. The van der Waals surface area contributed by atoms with E-state index in [0.717, 1.165) is 6.42 Å². The maximum atomic E-state index is 8.52. The molecule has 0 bridgehead atoms. The van der Waals surface area contributed by atoms with Gasteiger partial charge in [0.05, 0.1) is 0 Å². The number of halogens is 2. The number of aromatic hydroxyl groups is 1. The Morgan fingerprint density at radius 3 is 2.20 bits per heavy atom. The molecule has 79 valence electrons. The van der Waals surface area contributed by atoms with Gasteiger partial charge in [-0.05, 0) is 6.07 Å². The van der Waals surface area contributed by atoms with Crippen molar-refractivity contribution in [3.8, 4) is 5.88 Å². The summed E-state index contributed by atoms with van der Waals surface area (Å²) >= 11 is 0. The first-order valence-corrected chi connectivity index (χ1v) is 3.71. The summed E-state index contributed by atoms with van der Waals surface area (Å²) in [6.07, 6.45) is 11.5. The molecule has 1 aromatic heterocycles. The van der Waals surface area contributed by atoms with Gasteiger partial charge in [0, 0.05) is 12.3 Å². The molecule has 0 amide bonds. The van der Waals surface area contributed by atoms with E-state index in [0.29, 0.717) is 0 Å². The van der Waals surface area contributed by atoms with Crippen molar-refractivity contribution < 1.29 is 51.6 Å². The Hall–Kier alpha value is -0.276. The van der Waals surface area contributed by atoms with Crippen LogP contribution in [0.1, 0.15) is 6.42 Å². The molecule has 1 aromatic rings. The van der Waals surface area contributed by atoms with Crippen molar-refractivity contribution in [1.82, 2.24) is 4.98 Å². The third-order valence-corrected chi connectivity index (χ3v) is 1.24. The number of allylic oxidation sites excluding steroid dienone is 4. The normalized spacial score (nSPS) is 9.87. The van der Waals surface area contributed by atoms with Crippen molar-refractivity contribution in [2.75, 3.05) is 0 Å². The first-order chi connectivity index (χ1) is 5.89. The molecular weight excluding hydrogens is 269 g/mol. The fourth-order valence-corrected chi connectivity index (χ4v) is 0.694. The summed E-state index contributed by atoms with van der Waals surface area (Å²) in [6, 6.07) is 5.00. The van der Waals surface area contributed by atoms with Gasteiger partial charge in [-0.1, -0.05) is 6.07 Å². The quantitative estimate of drug-likeness (QED) is 0.389. The van der Waals surface area contributed by atoms with Gasteiger partial charge in [0.1, 0.15) is 0 Å². The molecule has 0 spiro atoms. The molecule has 5 heteroatoms. The summed E-state index contributed by atoms with van der Waals surface area (Å²) in [5.41, 5.74) is 0. The first kappa shape index (κ1) is 20.2. The van der Waals surface area contributed by atoms with Crippen LogP contribution < -0.4 is 24.8 Å². The fourth-order valence-electron chi connectivity index (χ4n) is 0.694. The zero-order valence-electron chi connectivity index (χ0n) is 7.90. The standard InChI is InChI=1S/C5H5NO.C5H5.2ClH.Ti/c7-5-3-1-2-4-6-5;1-2-4-5-3-1;;;/h1-4H,(H,6,7);1-3H,4H2;2*1H;/q;-1;;;+3/p-2. The molecule has 0 aliphatic heterocycles. The van der Waals surface area contributed by atoms with Crippen LogP contribution in [0.25, 0.3) is 0 Å². The average molecular weight is 279 g/mol. The van der Waals surface area contributed by atoms with Gasteiger partial charge in [0.15, 0.2) is 0 Å². The van der Waals surface area contributed by atoms with Gasteiger partial charge in [-0.3, -0.25) is 6.08 Å². The zero-order chi connectivity index (χ0) is 8.65. The summed E-state index contributed by atoms with van der Waals surface area (Å²) in [7, 11) is 0. The molecule has 0 unspecified atom stereocenters. The Morgan fingerprint density at radius 1 is 1.27 bits per heavy atom. The summed E-state index contributed by atoms with van der Waals surface area (Å²) in [5.74, 6) is 0.0718. The topological polar surface area (TPSA) is 33.1 Å². The van der Waals surface area contributed by atoms with E-state index in [1.54, 1.807) is 12.1 Å². The van der Waals surface area contributed by atoms with Crippen LogP contribution in [0.5, 0.6) is 5.88 Å². The molecule has 15 heavy (non-hydrogen) atoms. The summed E-state index contributed by atoms with van der Waals surface area (Å²) < 4.78 is 0. The molecule has 1 radical (unpaired) electrons. The van der Waals surface area contributed by atoms with E-state index in [2.05, 4.69) is 17.1 Å². The van der Waals surface area contributed by atoms with Gasteiger partial charge in [-0.2, -0.15) is 6.08 Å². The minimum atomic E-state index is 0. The molecule has 0 saturated carbocycles. The molecule has 0 saturated heterocycles. The number of rotatable bonds is 0. The molecular formula is C10H10Cl2NOTi. The maximum absolute atomic E-state index is 8.52. The molecule has 0 fully saturated rings. The van der Waals surface area contributed by atoms with Crippen molar-refractivity contribution in [1.29, 1.82) is 0 Å². The molecule has 1 N–H and O–H groups in total. The zero-order valence-corrected chi connectivity index (χ0v) is 11.0. The Balaban J connectivity index is -0.000000165. The Labute approximate surface area is 117 Å². The van der Waals surface area contributed by atoms with Gasteiger partial charge in [-0.25, -0.2) is 17.1 Å². The van der Waals surface area contributed by atoms with Crippen LogP contribution in [-0.2, 0) is 21.7 Å². The Morgan fingerprint density at radius 2 is 2.00 bits per heavy atom. The van der Waals surface area contributed by atoms with Crippen molar-refractivity contribution in [3.05, 3.63) is 48.7 Å². The number of hydrogen-bond acceptors (Lipinski definition) is 2. The molecule has 2 rings (SSSR count). The number of aromatic nitrogens is 1. The summed E-state index contributed by atoms with van der Waals surface area (Å²) in [5, 5.41) is 8.52. The molecule has 1 aliphatic rings. The van der Waals surface area contributed by atoms with E-state index < -0.39 is 0 Å². The van der Waals surface area contributed by atoms with E-state index in [9.17, 15) is 0 Å². The first-order valence-electron chi connectivity index (χ1n) is 3.71. The molecule has 0 aromatic carbocycles. The maximum Gasteiger partial charge on any atom is 3.00 e. The van der Waals surface area contributed by atoms with Crippen LogP contribution in [0.3, 0.4) is 0 Å². The minimum absolute atomic E-state index is 0. The van der Waals surface area contributed by atoms with Crippen LogP contribution in [-0.4, -0.2) is 10.1 Å². The van der Waals surface area contributed by atoms with Gasteiger partial charge in [0.2, 0.25) is 5.88 Å². The van der Waals surface area contributed by atoms with E-state index in [1.807, 2.05) is 12.2 Å². The predicted molar refractivity (Wildman–Crippen MR) is 47.5 cm³/mol. The van der Waals surface area contributed by atoms with Crippen molar-refractivity contribution in [2.45, 2.75) is 6.42 Å². The fraction of sp³-hybridized carbons (Fsp3) is 0.100. The summed E-state index contributed by atoms with van der Waals surface area (Å²) in [6.45, 7) is 0. The summed E-state index contributed by atoms with van der Waals surface area (Å²) in [4.78, 5) is 3.53. The number of hydrogen-bond donors (Lipinski definition) is 1. The van der Waals surface area contributed by atoms with E-state index in [4.69, 9.17) is 5.11 Å². The second-order valence-corrected chi connectivity index (χ2v) is 2.19. The molecule has 0 atom stereocenters. The third kappa shape index (κ3) is 11.7. The molecule has 2 nitrogen and oxygen atoms in total. The number of nitrogens with zero attached hydrogens (tertiary/aromatic N) is 1. The van der Waals surface area contributed by atoms with Crippen LogP contribution in [0, 0.1) is 6.08 Å². The smallest absolute Gasteiger partial charge is 1.00 e. The van der Waals surface area contributed by atoms with Gasteiger partial charge >= 0.3 is 21.7 Å². The van der Waals surface area contributed by atoms with Crippen molar-refractivity contribution >= 4 is 0 Å². The Bertz CT molecular complexity index is 268. The van der Waals surface area contributed by atoms with E-state index in [1.165, 1.54) is 12.3 Å². The van der Waals surface area contributed by atoms with Gasteiger partial charge < -0.3 is 29.9 Å². The van der Waals surface area contributed by atoms with Crippen LogP contribution in [0.2, 0.25) is 0 Å². The minimum Gasteiger partial charge on any atom is -1.00 e. The van der Waals surface area contributed by atoms with Crippen LogP contribution in [0.4, 0.5) is 0 Å². The van der Waals surface area contributed by atoms with Crippen molar-refractivity contribution in [3.63, 3.8) is 0 Å². The average Bonchev–Trinajstić information content (AvgIpc) is 2.62. The SMILES string of the molecule is Oc1ccccn1.[C-]1=CC=CC1.[Cl-].[Cl-].[Ti+3]. The second kappa shape index (κ2) is 13.7. The van der Waals surface area contributed by atoms with Crippen molar-refractivity contribution in [2.24, 2.45) is 0 Å². The van der Waals surface area contributed by atoms with Crippen LogP contribution >= 0.6 is 0 Å². The predicted octanol–water partition coefficient (Wildman–Crippen LogP) is -3.90. The monoisotopic (exact) mass is 278 g/mol.